The standard InChI is InChI=1S/C19H23Cl6NO6S/c1-12-3-5-14(6-4-12)33(28,29)32-9-13(2)15(17(26)27)7-8-16(30-10-18(20,21)22)31-11-19(23,24)25/h3-6,16H,7-11H2,1-2H3,(H2,26,27)/b15-13+. The van der Waals surface area contributed by atoms with E-state index in [1.165, 1.54) is 19.1 Å². The molecule has 33 heavy (non-hydrogen) atoms. The summed E-state index contributed by atoms with van der Waals surface area (Å²) in [6, 6.07) is 6.13. The molecule has 0 aliphatic heterocycles. The largest absolute Gasteiger partial charge is 0.366 e. The van der Waals surface area contributed by atoms with Crippen molar-refractivity contribution in [3.8, 4) is 0 Å². The fraction of sp³-hybridized carbons (Fsp3) is 0.526. The van der Waals surface area contributed by atoms with Gasteiger partial charge in [-0.15, -0.1) is 0 Å². The van der Waals surface area contributed by atoms with Crippen LogP contribution in [0.3, 0.4) is 0 Å². The van der Waals surface area contributed by atoms with Crippen LogP contribution in [-0.2, 0) is 28.6 Å². The molecule has 0 aliphatic carbocycles. The van der Waals surface area contributed by atoms with Crippen LogP contribution >= 0.6 is 69.6 Å². The Morgan fingerprint density at radius 2 is 1.48 bits per heavy atom. The monoisotopic (exact) mass is 603 g/mol. The summed E-state index contributed by atoms with van der Waals surface area (Å²) in [5, 5.41) is 0. The van der Waals surface area contributed by atoms with Gasteiger partial charge in [-0.1, -0.05) is 87.3 Å². The first-order chi connectivity index (χ1) is 15.0. The smallest absolute Gasteiger partial charge is 0.297 e. The molecule has 0 unspecified atom stereocenters. The number of ether oxygens (including phenoxy) is 2. The van der Waals surface area contributed by atoms with Crippen molar-refractivity contribution in [3.63, 3.8) is 0 Å². The van der Waals surface area contributed by atoms with E-state index in [1.807, 2.05) is 6.92 Å². The van der Waals surface area contributed by atoms with Crippen molar-refractivity contribution in [2.24, 2.45) is 5.73 Å². The third-order valence-corrected chi connectivity index (χ3v) is 5.98. The summed E-state index contributed by atoms with van der Waals surface area (Å²) < 4.78 is 37.2. The molecule has 7 nitrogen and oxygen atoms in total. The summed E-state index contributed by atoms with van der Waals surface area (Å²) in [6.07, 6.45) is -0.933. The maximum Gasteiger partial charge on any atom is 0.297 e. The number of benzene rings is 1. The normalized spacial score (nSPS) is 13.8. The van der Waals surface area contributed by atoms with E-state index in [4.69, 9.17) is 89.0 Å². The van der Waals surface area contributed by atoms with E-state index in [-0.39, 0.29) is 43.1 Å². The van der Waals surface area contributed by atoms with Gasteiger partial charge in [-0.2, -0.15) is 8.42 Å². The van der Waals surface area contributed by atoms with E-state index in [0.29, 0.717) is 5.57 Å². The molecular formula is C19H23Cl6NO6S. The molecule has 0 aliphatic rings. The van der Waals surface area contributed by atoms with Crippen LogP contribution in [0.15, 0.2) is 40.3 Å². The Balaban J connectivity index is 2.89. The van der Waals surface area contributed by atoms with Crippen molar-refractivity contribution >= 4 is 85.6 Å². The highest BCUT2D eigenvalue weighted by atomic mass is 35.6. The highest BCUT2D eigenvalue weighted by Gasteiger charge is 2.27. The number of rotatable bonds is 12. The summed E-state index contributed by atoms with van der Waals surface area (Å²) in [4.78, 5) is 12.0. The van der Waals surface area contributed by atoms with Crippen molar-refractivity contribution in [2.75, 3.05) is 19.8 Å². The Labute approximate surface area is 223 Å². The number of hydrogen-bond acceptors (Lipinski definition) is 6. The number of halogens is 6. The van der Waals surface area contributed by atoms with Gasteiger partial charge in [0, 0.05) is 12.0 Å². The lowest BCUT2D eigenvalue weighted by Gasteiger charge is -2.23. The first-order valence-electron chi connectivity index (χ1n) is 9.31. The fourth-order valence-electron chi connectivity index (χ4n) is 2.42. The third-order valence-electron chi connectivity index (χ3n) is 4.05. The van der Waals surface area contributed by atoms with Crippen LogP contribution in [0.1, 0.15) is 25.3 Å². The summed E-state index contributed by atoms with van der Waals surface area (Å²) in [7, 11) is -4.04. The highest BCUT2D eigenvalue weighted by Crippen LogP contribution is 2.30. The summed E-state index contributed by atoms with van der Waals surface area (Å²) in [5.74, 6) is -0.773. The van der Waals surface area contributed by atoms with Crippen LogP contribution in [-0.4, -0.2) is 48.0 Å². The van der Waals surface area contributed by atoms with Gasteiger partial charge < -0.3 is 15.2 Å². The van der Waals surface area contributed by atoms with E-state index in [9.17, 15) is 13.2 Å². The molecule has 0 atom stereocenters. The van der Waals surface area contributed by atoms with Gasteiger partial charge in [-0.05, 0) is 38.0 Å². The molecule has 1 aromatic carbocycles. The van der Waals surface area contributed by atoms with E-state index in [1.54, 1.807) is 12.1 Å². The molecule has 0 spiro atoms. The number of amides is 1. The first-order valence-corrected chi connectivity index (χ1v) is 13.0. The van der Waals surface area contributed by atoms with E-state index < -0.39 is 29.9 Å². The molecule has 0 aromatic heterocycles. The van der Waals surface area contributed by atoms with Crippen molar-refractivity contribution < 1.29 is 26.9 Å². The molecule has 0 bridgehead atoms. The van der Waals surface area contributed by atoms with Gasteiger partial charge in [-0.25, -0.2) is 0 Å². The van der Waals surface area contributed by atoms with E-state index in [0.717, 1.165) is 5.56 Å². The van der Waals surface area contributed by atoms with Crippen molar-refractivity contribution in [2.45, 2.75) is 45.5 Å². The van der Waals surface area contributed by atoms with Gasteiger partial charge in [0.1, 0.15) is 0 Å². The molecule has 0 fully saturated rings. The van der Waals surface area contributed by atoms with Gasteiger partial charge in [0.25, 0.3) is 10.1 Å². The Hall–Kier alpha value is 0. The summed E-state index contributed by atoms with van der Waals surface area (Å²) >= 11 is 34.1. The van der Waals surface area contributed by atoms with Gasteiger partial charge in [0.15, 0.2) is 6.29 Å². The van der Waals surface area contributed by atoms with Crippen LogP contribution in [0.4, 0.5) is 0 Å². The molecule has 1 aromatic rings. The molecule has 1 amide bonds. The predicted molar refractivity (Wildman–Crippen MR) is 132 cm³/mol. The number of carbonyl (C=O) groups is 1. The number of nitrogens with two attached hydrogens (primary N) is 1. The van der Waals surface area contributed by atoms with E-state index >= 15 is 0 Å². The maximum absolute atomic E-state index is 12.4. The minimum atomic E-state index is -4.04. The Morgan fingerprint density at radius 1 is 1.00 bits per heavy atom. The fourth-order valence-corrected chi connectivity index (χ4v) is 3.74. The number of carbonyl (C=O) groups excluding carboxylic acids is 1. The highest BCUT2D eigenvalue weighted by molar-refractivity contribution is 7.86. The molecule has 188 valence electrons. The van der Waals surface area contributed by atoms with Crippen molar-refractivity contribution in [1.82, 2.24) is 0 Å². The zero-order valence-electron chi connectivity index (χ0n) is 17.6. The van der Waals surface area contributed by atoms with Gasteiger partial charge in [0.05, 0.1) is 24.7 Å². The van der Waals surface area contributed by atoms with Gasteiger partial charge in [0.2, 0.25) is 13.5 Å². The quantitative estimate of drug-likeness (QED) is 0.148. The van der Waals surface area contributed by atoms with Crippen LogP contribution < -0.4 is 5.73 Å². The second kappa shape index (κ2) is 13.3. The van der Waals surface area contributed by atoms with Crippen LogP contribution in [0.2, 0.25) is 0 Å². The second-order valence-corrected chi connectivity index (χ2v) is 13.6. The minimum absolute atomic E-state index is 0.0122. The molecule has 0 saturated heterocycles. The number of hydrogen-bond donors (Lipinski definition) is 1. The second-order valence-electron chi connectivity index (χ2n) is 6.97. The predicted octanol–water partition coefficient (Wildman–Crippen LogP) is 5.38. The average molecular weight is 606 g/mol. The molecule has 0 saturated carbocycles. The lowest BCUT2D eigenvalue weighted by molar-refractivity contribution is -0.143. The molecule has 1 rings (SSSR count). The third kappa shape index (κ3) is 13.0. The molecule has 2 N–H and O–H groups in total. The lowest BCUT2D eigenvalue weighted by atomic mass is 10.0. The average Bonchev–Trinajstić information content (AvgIpc) is 2.66. The van der Waals surface area contributed by atoms with E-state index in [2.05, 4.69) is 0 Å². The Bertz CT molecular complexity index is 908. The van der Waals surface area contributed by atoms with Gasteiger partial charge in [-0.3, -0.25) is 8.98 Å². The summed E-state index contributed by atoms with van der Waals surface area (Å²) in [6.45, 7) is 2.28. The Morgan fingerprint density at radius 3 is 1.91 bits per heavy atom. The van der Waals surface area contributed by atoms with Crippen molar-refractivity contribution in [1.29, 1.82) is 0 Å². The van der Waals surface area contributed by atoms with Crippen LogP contribution in [0.5, 0.6) is 0 Å². The SMILES string of the molecule is C/C(COS(=O)(=O)c1ccc(C)cc1)=C(/CCC(OCC(Cl)(Cl)Cl)OCC(Cl)(Cl)Cl)C(N)=O. The number of primary amides is 1. The maximum atomic E-state index is 12.4. The van der Waals surface area contributed by atoms with Crippen molar-refractivity contribution in [3.05, 3.63) is 41.0 Å². The van der Waals surface area contributed by atoms with Crippen LogP contribution in [0.25, 0.3) is 0 Å². The molecule has 0 heterocycles. The lowest BCUT2D eigenvalue weighted by Crippen LogP contribution is -2.28. The zero-order chi connectivity index (χ0) is 25.4. The zero-order valence-corrected chi connectivity index (χ0v) is 23.0. The number of alkyl halides is 6. The number of aryl methyl sites for hydroxylation is 1. The molecular weight excluding hydrogens is 583 g/mol. The molecule has 14 heteroatoms. The molecule has 0 radical (unpaired) electrons. The summed E-state index contributed by atoms with van der Waals surface area (Å²) in [5.41, 5.74) is 6.79. The minimum Gasteiger partial charge on any atom is -0.366 e. The van der Waals surface area contributed by atoms with Gasteiger partial charge >= 0.3 is 0 Å². The topological polar surface area (TPSA) is 105 Å². The van der Waals surface area contributed by atoms with Crippen LogP contribution in [0, 0.1) is 6.92 Å². The first kappa shape index (κ1) is 31.0. The Kier molecular flexibility index (Phi) is 12.6.